The van der Waals surface area contributed by atoms with Crippen molar-refractivity contribution in [3.05, 3.63) is 41.0 Å². The third kappa shape index (κ3) is 6.90. The fourth-order valence-corrected chi connectivity index (χ4v) is 5.16. The normalized spacial score (nSPS) is 16.7. The second kappa shape index (κ2) is 11.8. The van der Waals surface area contributed by atoms with Crippen LogP contribution in [0.4, 0.5) is 0 Å². The van der Waals surface area contributed by atoms with Gasteiger partial charge < -0.3 is 15.5 Å². The highest BCUT2D eigenvalue weighted by molar-refractivity contribution is 7.13. The minimum Gasteiger partial charge on any atom is -0.350 e. The fraction of sp³-hybridized carbons (Fsp3) is 0.556. The first-order valence-corrected chi connectivity index (χ1v) is 13.4. The number of hydrogen-bond donors (Lipinski definition) is 2. The Hall–Kier alpha value is -2.74. The number of benzene rings is 1. The molecule has 3 amide bonds. The number of thiazole rings is 1. The average molecular weight is 499 g/mol. The maximum atomic E-state index is 13.5. The Balaban J connectivity index is 1.62. The molecule has 1 aliphatic rings. The molecular formula is C27H38N4O3S. The summed E-state index contributed by atoms with van der Waals surface area (Å²) < 4.78 is 0. The fourth-order valence-electron chi connectivity index (χ4n) is 4.35. The molecule has 35 heavy (non-hydrogen) atoms. The first-order chi connectivity index (χ1) is 16.6. The predicted octanol–water partition coefficient (Wildman–Crippen LogP) is 4.45. The molecule has 8 heteroatoms. The summed E-state index contributed by atoms with van der Waals surface area (Å²) in [6, 6.07) is 6.93. The summed E-state index contributed by atoms with van der Waals surface area (Å²) in [4.78, 5) is 46.1. The Labute approximate surface area is 212 Å². The standard InChI is InChI=1S/C27H38N4O3S/c1-6-7-10-22(32)30-24(27(3,4)5)26(34)31-15-8-9-21(31)25(33)28-16-19-11-13-20(14-12-19)23-18(2)29-17-35-23/h11-14,17,21,24H,6-10,15-16H2,1-5H3,(H,28,33)(H,30,32)/t21-,24+/m0/s1. The topological polar surface area (TPSA) is 91.4 Å². The maximum Gasteiger partial charge on any atom is 0.246 e. The Morgan fingerprint density at radius 3 is 2.51 bits per heavy atom. The second-order valence-electron chi connectivity index (χ2n) is 10.3. The number of carbonyl (C=O) groups is 3. The van der Waals surface area contributed by atoms with Gasteiger partial charge in [0.25, 0.3) is 0 Å². The quantitative estimate of drug-likeness (QED) is 0.534. The van der Waals surface area contributed by atoms with E-state index in [9.17, 15) is 14.4 Å². The van der Waals surface area contributed by atoms with Crippen LogP contribution in [0.1, 0.15) is 71.1 Å². The van der Waals surface area contributed by atoms with Gasteiger partial charge in [0.1, 0.15) is 12.1 Å². The molecule has 2 atom stereocenters. The van der Waals surface area contributed by atoms with Crippen molar-refractivity contribution in [2.45, 2.75) is 85.4 Å². The zero-order valence-corrected chi connectivity index (χ0v) is 22.3. The van der Waals surface area contributed by atoms with Crippen LogP contribution in [0.2, 0.25) is 0 Å². The summed E-state index contributed by atoms with van der Waals surface area (Å²) in [5, 5.41) is 5.95. The third-order valence-electron chi connectivity index (χ3n) is 6.44. The summed E-state index contributed by atoms with van der Waals surface area (Å²) in [5.74, 6) is -0.440. The number of unbranched alkanes of at least 4 members (excludes halogenated alkanes) is 1. The lowest BCUT2D eigenvalue weighted by Crippen LogP contribution is -2.57. The lowest BCUT2D eigenvalue weighted by Gasteiger charge is -2.35. The number of nitrogens with zero attached hydrogens (tertiary/aromatic N) is 2. The first kappa shape index (κ1) is 26.9. The summed E-state index contributed by atoms with van der Waals surface area (Å²) in [6.45, 7) is 10.8. The van der Waals surface area contributed by atoms with E-state index in [2.05, 4.69) is 15.6 Å². The summed E-state index contributed by atoms with van der Waals surface area (Å²) in [5.41, 5.74) is 4.50. The lowest BCUT2D eigenvalue weighted by atomic mass is 9.85. The van der Waals surface area contributed by atoms with Crippen molar-refractivity contribution in [2.75, 3.05) is 6.54 Å². The smallest absolute Gasteiger partial charge is 0.246 e. The molecule has 190 valence electrons. The van der Waals surface area contributed by atoms with Crippen LogP contribution in [0, 0.1) is 12.3 Å². The van der Waals surface area contributed by atoms with E-state index in [4.69, 9.17) is 0 Å². The van der Waals surface area contributed by atoms with Gasteiger partial charge >= 0.3 is 0 Å². The Morgan fingerprint density at radius 2 is 1.91 bits per heavy atom. The molecule has 7 nitrogen and oxygen atoms in total. The molecule has 1 aliphatic heterocycles. The van der Waals surface area contributed by atoms with Crippen LogP contribution in [0.25, 0.3) is 10.4 Å². The average Bonchev–Trinajstić information content (AvgIpc) is 3.48. The maximum absolute atomic E-state index is 13.5. The minimum absolute atomic E-state index is 0.114. The van der Waals surface area contributed by atoms with E-state index >= 15 is 0 Å². The van der Waals surface area contributed by atoms with Gasteiger partial charge in [-0.15, -0.1) is 11.3 Å². The molecule has 0 bridgehead atoms. The van der Waals surface area contributed by atoms with Crippen LogP contribution < -0.4 is 10.6 Å². The van der Waals surface area contributed by atoms with Gasteiger partial charge in [0.05, 0.1) is 16.1 Å². The number of rotatable bonds is 9. The van der Waals surface area contributed by atoms with Crippen LogP contribution in [0.15, 0.2) is 29.8 Å². The molecule has 0 spiro atoms. The highest BCUT2D eigenvalue weighted by atomic mass is 32.1. The van der Waals surface area contributed by atoms with E-state index in [-0.39, 0.29) is 17.7 Å². The zero-order chi connectivity index (χ0) is 25.6. The molecule has 1 saturated heterocycles. The molecule has 0 radical (unpaired) electrons. The van der Waals surface area contributed by atoms with Gasteiger partial charge in [-0.25, -0.2) is 4.98 Å². The number of likely N-dealkylation sites (tertiary alicyclic amines) is 1. The molecule has 2 heterocycles. The van der Waals surface area contributed by atoms with E-state index in [1.807, 2.05) is 64.4 Å². The summed E-state index contributed by atoms with van der Waals surface area (Å²) in [7, 11) is 0. The van der Waals surface area contributed by atoms with Crippen molar-refractivity contribution in [2.24, 2.45) is 5.41 Å². The monoisotopic (exact) mass is 498 g/mol. The highest BCUT2D eigenvalue weighted by Crippen LogP contribution is 2.28. The number of nitrogens with one attached hydrogen (secondary N) is 2. The van der Waals surface area contributed by atoms with Gasteiger partial charge in [0, 0.05) is 19.5 Å². The number of aryl methyl sites for hydroxylation is 1. The highest BCUT2D eigenvalue weighted by Gasteiger charge is 2.41. The summed E-state index contributed by atoms with van der Waals surface area (Å²) in [6.07, 6.45) is 3.51. The van der Waals surface area contributed by atoms with Gasteiger partial charge in [0.15, 0.2) is 0 Å². The molecule has 0 aliphatic carbocycles. The van der Waals surface area contributed by atoms with Crippen LogP contribution in [0.3, 0.4) is 0 Å². The largest absolute Gasteiger partial charge is 0.350 e. The molecule has 1 aromatic heterocycles. The van der Waals surface area contributed by atoms with E-state index < -0.39 is 17.5 Å². The van der Waals surface area contributed by atoms with Gasteiger partial charge in [-0.2, -0.15) is 0 Å². The van der Waals surface area contributed by atoms with Gasteiger partial charge in [-0.1, -0.05) is 58.4 Å². The van der Waals surface area contributed by atoms with Crippen LogP contribution in [0.5, 0.6) is 0 Å². The van der Waals surface area contributed by atoms with Crippen LogP contribution in [-0.4, -0.2) is 46.2 Å². The summed E-state index contributed by atoms with van der Waals surface area (Å²) >= 11 is 1.61. The predicted molar refractivity (Wildman–Crippen MR) is 140 cm³/mol. The molecule has 1 aromatic carbocycles. The van der Waals surface area contributed by atoms with Gasteiger partial charge in [-0.3, -0.25) is 14.4 Å². The molecule has 0 saturated carbocycles. The number of aromatic nitrogens is 1. The van der Waals surface area contributed by atoms with Crippen molar-refractivity contribution in [3.8, 4) is 10.4 Å². The zero-order valence-electron chi connectivity index (χ0n) is 21.5. The Bertz CT molecular complexity index is 1030. The molecule has 1 fully saturated rings. The second-order valence-corrected chi connectivity index (χ2v) is 11.2. The molecule has 3 rings (SSSR count). The van der Waals surface area contributed by atoms with Crippen molar-refractivity contribution in [1.82, 2.24) is 20.5 Å². The minimum atomic E-state index is -0.664. The molecule has 2 aromatic rings. The van der Waals surface area contributed by atoms with Crippen molar-refractivity contribution >= 4 is 29.1 Å². The van der Waals surface area contributed by atoms with E-state index in [0.717, 1.165) is 41.0 Å². The number of carbonyl (C=O) groups excluding carboxylic acids is 3. The van der Waals surface area contributed by atoms with Crippen molar-refractivity contribution in [3.63, 3.8) is 0 Å². The molecular weight excluding hydrogens is 460 g/mol. The van der Waals surface area contributed by atoms with E-state index in [1.54, 1.807) is 16.2 Å². The van der Waals surface area contributed by atoms with Crippen molar-refractivity contribution in [1.29, 1.82) is 0 Å². The third-order valence-corrected chi connectivity index (χ3v) is 7.42. The van der Waals surface area contributed by atoms with E-state index in [0.29, 0.717) is 25.9 Å². The Morgan fingerprint density at radius 1 is 1.20 bits per heavy atom. The van der Waals surface area contributed by atoms with Crippen LogP contribution >= 0.6 is 11.3 Å². The van der Waals surface area contributed by atoms with Crippen molar-refractivity contribution < 1.29 is 14.4 Å². The molecule has 2 N–H and O–H groups in total. The van der Waals surface area contributed by atoms with Crippen LogP contribution in [-0.2, 0) is 20.9 Å². The SMILES string of the molecule is CCCCC(=O)N[C@H](C(=O)N1CCC[C@H]1C(=O)NCc1ccc(-c2scnc2C)cc1)C(C)(C)C. The van der Waals surface area contributed by atoms with E-state index in [1.165, 1.54) is 0 Å². The number of hydrogen-bond acceptors (Lipinski definition) is 5. The van der Waals surface area contributed by atoms with Gasteiger partial charge in [-0.05, 0) is 42.7 Å². The van der Waals surface area contributed by atoms with Gasteiger partial charge in [0.2, 0.25) is 17.7 Å². The lowest BCUT2D eigenvalue weighted by molar-refractivity contribution is -0.143. The molecule has 0 unspecified atom stereocenters. The number of amides is 3. The first-order valence-electron chi connectivity index (χ1n) is 12.5. The Kier molecular flexibility index (Phi) is 9.05.